The summed E-state index contributed by atoms with van der Waals surface area (Å²) in [4.78, 5) is 25.1. The Bertz CT molecular complexity index is 977. The molecule has 1 atom stereocenters. The number of allylic oxidation sites excluding steroid dienone is 10. The van der Waals surface area contributed by atoms with E-state index in [9.17, 15) is 9.59 Å². The van der Waals surface area contributed by atoms with Gasteiger partial charge in [0.15, 0.2) is 6.10 Å². The molecule has 0 heterocycles. The first kappa shape index (κ1) is 53.6. The summed E-state index contributed by atoms with van der Waals surface area (Å²) in [5, 5.41) is 0. The van der Waals surface area contributed by atoms with Crippen LogP contribution in [0.25, 0.3) is 0 Å². The molecule has 0 saturated carbocycles. The van der Waals surface area contributed by atoms with Gasteiger partial charge in [0.1, 0.15) is 6.61 Å². The summed E-state index contributed by atoms with van der Waals surface area (Å²) in [7, 11) is 0. The number of ether oxygens (including phenoxy) is 3. The quantitative estimate of drug-likeness (QED) is 0.0350. The highest BCUT2D eigenvalue weighted by Gasteiger charge is 2.17. The van der Waals surface area contributed by atoms with Crippen LogP contribution in [-0.2, 0) is 23.8 Å². The van der Waals surface area contributed by atoms with Crippen molar-refractivity contribution in [2.24, 2.45) is 0 Å². The predicted molar refractivity (Wildman–Crippen MR) is 242 cm³/mol. The summed E-state index contributed by atoms with van der Waals surface area (Å²) in [6, 6.07) is 0. The van der Waals surface area contributed by atoms with Gasteiger partial charge in [-0.15, -0.1) is 0 Å². The lowest BCUT2D eigenvalue weighted by atomic mass is 10.1. The number of carbonyl (C=O) groups excluding carboxylic acids is 2. The summed E-state index contributed by atoms with van der Waals surface area (Å²) < 4.78 is 17.2. The van der Waals surface area contributed by atoms with E-state index in [0.717, 1.165) is 83.5 Å². The molecule has 0 saturated heterocycles. The number of carbonyl (C=O) groups is 2. The van der Waals surface area contributed by atoms with Gasteiger partial charge in [-0.2, -0.15) is 0 Å². The van der Waals surface area contributed by atoms with Gasteiger partial charge in [-0.25, -0.2) is 0 Å². The van der Waals surface area contributed by atoms with Gasteiger partial charge in [0, 0.05) is 19.4 Å². The third-order valence-corrected chi connectivity index (χ3v) is 10.0. The summed E-state index contributed by atoms with van der Waals surface area (Å²) in [6.07, 6.45) is 58.3. The molecule has 0 aromatic rings. The topological polar surface area (TPSA) is 61.8 Å². The van der Waals surface area contributed by atoms with Gasteiger partial charge in [0.25, 0.3) is 0 Å². The smallest absolute Gasteiger partial charge is 0.306 e. The summed E-state index contributed by atoms with van der Waals surface area (Å²) in [6.45, 7) is 7.57. The molecule has 0 amide bonds. The molecule has 1 unspecified atom stereocenters. The Morgan fingerprint density at radius 2 is 0.804 bits per heavy atom. The van der Waals surface area contributed by atoms with Crippen LogP contribution in [0.15, 0.2) is 60.8 Å². The molecule has 0 bridgehead atoms. The zero-order valence-electron chi connectivity index (χ0n) is 37.1. The molecule has 5 heteroatoms. The lowest BCUT2D eigenvalue weighted by Crippen LogP contribution is -2.30. The highest BCUT2D eigenvalue weighted by atomic mass is 16.6. The van der Waals surface area contributed by atoms with Gasteiger partial charge in [0.2, 0.25) is 0 Å². The van der Waals surface area contributed by atoms with Gasteiger partial charge in [-0.1, -0.05) is 191 Å². The molecule has 0 N–H and O–H groups in total. The maximum Gasteiger partial charge on any atom is 0.306 e. The van der Waals surface area contributed by atoms with Crippen LogP contribution >= 0.6 is 0 Å². The fourth-order valence-corrected chi connectivity index (χ4v) is 6.49. The van der Waals surface area contributed by atoms with E-state index >= 15 is 0 Å². The lowest BCUT2D eigenvalue weighted by Gasteiger charge is -2.18. The van der Waals surface area contributed by atoms with Crippen LogP contribution in [0.4, 0.5) is 0 Å². The number of hydrogen-bond acceptors (Lipinski definition) is 5. The highest BCUT2D eigenvalue weighted by Crippen LogP contribution is 2.14. The maximum atomic E-state index is 12.5. The van der Waals surface area contributed by atoms with Crippen molar-refractivity contribution < 1.29 is 23.8 Å². The molecule has 0 radical (unpaired) electrons. The zero-order chi connectivity index (χ0) is 40.7. The average molecular weight is 783 g/mol. The Morgan fingerprint density at radius 1 is 0.411 bits per heavy atom. The SMILES string of the molecule is CC/C=C\C/C=C\C/C=C\C/C=C\CCCCCOCC(COC(=O)CCCCCCCCCCC/C=C\CCCCCCCC)OC(=O)CCCCCCC. The standard InChI is InChI=1S/C51H90O5/c1-4-7-10-13-15-17-19-21-23-25-26-27-28-30-32-34-36-39-41-44-50(52)55-48-49(56-51(53)45-42-38-12-9-6-3)47-54-46-43-40-37-35-33-31-29-24-22-20-18-16-14-11-8-5-2/h8,11,16,18,21-24,31,33,49H,4-7,9-10,12-15,17,19-20,25-30,32,34-48H2,1-3H3/b11-8-,18-16-,23-21-,24-22-,33-31-. The minimum absolute atomic E-state index is 0.0706. The van der Waals surface area contributed by atoms with Crippen molar-refractivity contribution in [2.75, 3.05) is 19.8 Å². The molecule has 0 aliphatic rings. The van der Waals surface area contributed by atoms with E-state index in [-0.39, 0.29) is 25.2 Å². The van der Waals surface area contributed by atoms with E-state index in [1.807, 2.05) is 0 Å². The predicted octanol–water partition coefficient (Wildman–Crippen LogP) is 15.8. The Balaban J connectivity index is 4.07. The van der Waals surface area contributed by atoms with Crippen LogP contribution in [0.1, 0.15) is 226 Å². The average Bonchev–Trinajstić information content (AvgIpc) is 3.20. The first-order valence-corrected chi connectivity index (χ1v) is 23.8. The molecule has 56 heavy (non-hydrogen) atoms. The van der Waals surface area contributed by atoms with E-state index in [2.05, 4.69) is 81.5 Å². The third kappa shape index (κ3) is 44.3. The summed E-state index contributed by atoms with van der Waals surface area (Å²) in [5.74, 6) is -0.429. The van der Waals surface area contributed by atoms with E-state index in [0.29, 0.717) is 19.4 Å². The van der Waals surface area contributed by atoms with Crippen LogP contribution in [0, 0.1) is 0 Å². The highest BCUT2D eigenvalue weighted by molar-refractivity contribution is 5.70. The van der Waals surface area contributed by atoms with Crippen molar-refractivity contribution in [3.05, 3.63) is 60.8 Å². The van der Waals surface area contributed by atoms with Crippen molar-refractivity contribution in [3.63, 3.8) is 0 Å². The minimum Gasteiger partial charge on any atom is -0.462 e. The summed E-state index contributed by atoms with van der Waals surface area (Å²) >= 11 is 0. The second-order valence-corrected chi connectivity index (χ2v) is 15.6. The third-order valence-electron chi connectivity index (χ3n) is 10.0. The number of unbranched alkanes of at least 4 members (excludes halogenated alkanes) is 22. The number of esters is 2. The zero-order valence-corrected chi connectivity index (χ0v) is 37.1. The Kier molecular flexibility index (Phi) is 45.0. The van der Waals surface area contributed by atoms with Gasteiger partial charge >= 0.3 is 11.9 Å². The van der Waals surface area contributed by atoms with Crippen LogP contribution in [0.5, 0.6) is 0 Å². The van der Waals surface area contributed by atoms with Crippen molar-refractivity contribution in [1.29, 1.82) is 0 Å². The van der Waals surface area contributed by atoms with Crippen LogP contribution in [0.3, 0.4) is 0 Å². The molecular formula is C51H90O5. The van der Waals surface area contributed by atoms with Crippen molar-refractivity contribution in [2.45, 2.75) is 232 Å². The fraction of sp³-hybridized carbons (Fsp3) is 0.765. The molecule has 0 aliphatic heterocycles. The molecule has 0 aromatic heterocycles. The number of rotatable bonds is 43. The monoisotopic (exact) mass is 783 g/mol. The number of hydrogen-bond donors (Lipinski definition) is 0. The molecule has 0 fully saturated rings. The second-order valence-electron chi connectivity index (χ2n) is 15.6. The fourth-order valence-electron chi connectivity index (χ4n) is 6.49. The molecule has 0 aliphatic carbocycles. The van der Waals surface area contributed by atoms with Gasteiger partial charge in [0.05, 0.1) is 6.61 Å². The minimum atomic E-state index is -0.549. The molecule has 5 nitrogen and oxygen atoms in total. The van der Waals surface area contributed by atoms with E-state index in [1.54, 1.807) is 0 Å². The first-order chi connectivity index (χ1) is 27.6. The molecular weight excluding hydrogens is 693 g/mol. The molecule has 0 aromatic carbocycles. The normalized spacial score (nSPS) is 12.7. The van der Waals surface area contributed by atoms with Gasteiger partial charge < -0.3 is 14.2 Å². The summed E-state index contributed by atoms with van der Waals surface area (Å²) in [5.41, 5.74) is 0. The molecule has 0 spiro atoms. The van der Waals surface area contributed by atoms with Crippen LogP contribution < -0.4 is 0 Å². The van der Waals surface area contributed by atoms with E-state index in [4.69, 9.17) is 14.2 Å². The molecule has 324 valence electrons. The van der Waals surface area contributed by atoms with Crippen LogP contribution in [0.2, 0.25) is 0 Å². The Morgan fingerprint density at radius 3 is 1.30 bits per heavy atom. The largest absolute Gasteiger partial charge is 0.462 e. The molecule has 0 rings (SSSR count). The van der Waals surface area contributed by atoms with Gasteiger partial charge in [-0.3, -0.25) is 9.59 Å². The Hall–Kier alpha value is -2.40. The van der Waals surface area contributed by atoms with Crippen molar-refractivity contribution in [1.82, 2.24) is 0 Å². The lowest BCUT2D eigenvalue weighted by molar-refractivity contribution is -0.163. The van der Waals surface area contributed by atoms with E-state index < -0.39 is 6.10 Å². The Labute approximate surface area is 347 Å². The van der Waals surface area contributed by atoms with Crippen molar-refractivity contribution >= 4 is 11.9 Å². The van der Waals surface area contributed by atoms with Crippen molar-refractivity contribution in [3.8, 4) is 0 Å². The first-order valence-electron chi connectivity index (χ1n) is 23.8. The maximum absolute atomic E-state index is 12.5. The second kappa shape index (κ2) is 47.0. The van der Waals surface area contributed by atoms with Gasteiger partial charge in [-0.05, 0) is 83.5 Å². The van der Waals surface area contributed by atoms with E-state index in [1.165, 1.54) is 109 Å². The van der Waals surface area contributed by atoms with Crippen LogP contribution in [-0.4, -0.2) is 37.9 Å².